The van der Waals surface area contributed by atoms with Crippen LogP contribution in [0.15, 0.2) is 58.0 Å². The standard InChI is InChI=1S/C27H31BrN2O2S/c1-18(2)13-15-33-26-29-27(25(31)30(26)14-12-19-8-9-19)17-24(20-6-4-3-5-7-20)32-23-11-10-21(28)16-22(23)27/h3-7,10-11,16,18-19,24H,8-9,12-15,17H2,1-2H3. The van der Waals surface area contributed by atoms with Gasteiger partial charge in [0, 0.05) is 28.8 Å². The number of fused-ring (bicyclic) bond motifs is 2. The molecule has 6 heteroatoms. The van der Waals surface area contributed by atoms with Gasteiger partial charge in [-0.15, -0.1) is 0 Å². The molecule has 3 aliphatic rings. The summed E-state index contributed by atoms with van der Waals surface area (Å²) in [6, 6.07) is 16.2. The lowest BCUT2D eigenvalue weighted by Crippen LogP contribution is -2.44. The zero-order chi connectivity index (χ0) is 23.0. The van der Waals surface area contributed by atoms with E-state index < -0.39 is 5.54 Å². The predicted molar refractivity (Wildman–Crippen MR) is 139 cm³/mol. The molecule has 0 saturated heterocycles. The SMILES string of the molecule is CC(C)CCSC1=NC2(CC(c3ccccc3)Oc3ccc(Br)cc32)C(=O)N1CCC1CC1. The van der Waals surface area contributed by atoms with Crippen LogP contribution in [0.25, 0.3) is 0 Å². The number of benzene rings is 2. The Hall–Kier alpha value is -1.79. The molecule has 2 aliphatic heterocycles. The van der Waals surface area contributed by atoms with Crippen molar-refractivity contribution in [3.63, 3.8) is 0 Å². The largest absolute Gasteiger partial charge is 0.485 e. The molecule has 1 fully saturated rings. The third kappa shape index (κ3) is 4.74. The van der Waals surface area contributed by atoms with Crippen molar-refractivity contribution in [2.45, 2.75) is 57.6 Å². The topological polar surface area (TPSA) is 41.9 Å². The van der Waals surface area contributed by atoms with Crippen LogP contribution < -0.4 is 4.74 Å². The first-order valence-electron chi connectivity index (χ1n) is 12.0. The Labute approximate surface area is 209 Å². The summed E-state index contributed by atoms with van der Waals surface area (Å²) in [5, 5.41) is 0.890. The number of nitrogens with zero attached hydrogens (tertiary/aromatic N) is 2. The number of carbonyl (C=O) groups is 1. The summed E-state index contributed by atoms with van der Waals surface area (Å²) < 4.78 is 7.37. The van der Waals surface area contributed by atoms with E-state index in [1.165, 1.54) is 12.8 Å². The van der Waals surface area contributed by atoms with Crippen molar-refractivity contribution in [3.05, 3.63) is 64.1 Å². The molecule has 2 heterocycles. The molecule has 1 aliphatic carbocycles. The van der Waals surface area contributed by atoms with Crippen LogP contribution in [0.5, 0.6) is 5.75 Å². The maximum absolute atomic E-state index is 14.2. The highest BCUT2D eigenvalue weighted by Gasteiger charge is 2.55. The molecule has 0 bridgehead atoms. The zero-order valence-electron chi connectivity index (χ0n) is 19.3. The molecule has 1 saturated carbocycles. The van der Waals surface area contributed by atoms with E-state index in [4.69, 9.17) is 9.73 Å². The molecule has 5 rings (SSSR count). The van der Waals surface area contributed by atoms with Crippen LogP contribution in [0.1, 0.15) is 63.2 Å². The molecular weight excluding hydrogens is 496 g/mol. The van der Waals surface area contributed by atoms with Gasteiger partial charge in [-0.25, -0.2) is 4.99 Å². The first-order chi connectivity index (χ1) is 16.0. The Kier molecular flexibility index (Phi) is 6.58. The van der Waals surface area contributed by atoms with Crippen molar-refractivity contribution in [3.8, 4) is 5.75 Å². The van der Waals surface area contributed by atoms with Gasteiger partial charge in [0.05, 0.1) is 0 Å². The summed E-state index contributed by atoms with van der Waals surface area (Å²) in [6.07, 6.45) is 5.07. The van der Waals surface area contributed by atoms with E-state index in [2.05, 4.69) is 41.9 Å². The fourth-order valence-corrected chi connectivity index (χ4v) is 6.34. The van der Waals surface area contributed by atoms with Crippen molar-refractivity contribution < 1.29 is 9.53 Å². The molecule has 2 unspecified atom stereocenters. The number of rotatable bonds is 7. The average molecular weight is 528 g/mol. The number of ether oxygens (including phenoxy) is 1. The van der Waals surface area contributed by atoms with Crippen molar-refractivity contribution in [2.75, 3.05) is 12.3 Å². The Morgan fingerprint density at radius 3 is 2.73 bits per heavy atom. The molecule has 2 atom stereocenters. The van der Waals surface area contributed by atoms with E-state index in [0.29, 0.717) is 12.3 Å². The van der Waals surface area contributed by atoms with Crippen LogP contribution in [0.2, 0.25) is 0 Å². The molecule has 2 aromatic carbocycles. The molecule has 0 N–H and O–H groups in total. The quantitative estimate of drug-likeness (QED) is 0.392. The average Bonchev–Trinajstić information content (AvgIpc) is 3.60. The van der Waals surface area contributed by atoms with Crippen LogP contribution in [-0.4, -0.2) is 28.3 Å². The molecule has 1 amide bonds. The third-order valence-corrected chi connectivity index (χ3v) is 8.31. The summed E-state index contributed by atoms with van der Waals surface area (Å²) in [5.74, 6) is 3.24. The summed E-state index contributed by atoms with van der Waals surface area (Å²) >= 11 is 5.36. The fraction of sp³-hybridized carbons (Fsp3) is 0.481. The van der Waals surface area contributed by atoms with Crippen LogP contribution in [0.3, 0.4) is 0 Å². The maximum atomic E-state index is 14.2. The van der Waals surface area contributed by atoms with Crippen LogP contribution in [0, 0.1) is 11.8 Å². The fourth-order valence-electron chi connectivity index (χ4n) is 4.66. The molecule has 4 nitrogen and oxygen atoms in total. The number of amidine groups is 1. The van der Waals surface area contributed by atoms with Crippen LogP contribution in [0.4, 0.5) is 0 Å². The van der Waals surface area contributed by atoms with Crippen molar-refractivity contribution in [1.29, 1.82) is 0 Å². The van der Waals surface area contributed by atoms with Crippen molar-refractivity contribution in [2.24, 2.45) is 16.8 Å². The number of halogens is 1. The highest BCUT2D eigenvalue weighted by molar-refractivity contribution is 9.10. The highest BCUT2D eigenvalue weighted by Crippen LogP contribution is 2.51. The minimum Gasteiger partial charge on any atom is -0.485 e. The van der Waals surface area contributed by atoms with Crippen molar-refractivity contribution in [1.82, 2.24) is 4.90 Å². The number of aliphatic imine (C=N–C) groups is 1. The van der Waals surface area contributed by atoms with Gasteiger partial charge in [0.1, 0.15) is 11.9 Å². The molecule has 2 aromatic rings. The molecule has 174 valence electrons. The number of thioether (sulfide) groups is 1. The molecule has 0 radical (unpaired) electrons. The van der Waals surface area contributed by atoms with Gasteiger partial charge in [-0.1, -0.05) is 84.7 Å². The molecule has 0 aromatic heterocycles. The summed E-state index contributed by atoms with van der Waals surface area (Å²) in [4.78, 5) is 21.4. The molecule has 1 spiro atoms. The van der Waals surface area contributed by atoms with E-state index in [9.17, 15) is 4.79 Å². The van der Waals surface area contributed by atoms with Crippen molar-refractivity contribution >= 4 is 38.8 Å². The van der Waals surface area contributed by atoms with Crippen LogP contribution in [-0.2, 0) is 10.3 Å². The Morgan fingerprint density at radius 2 is 2.00 bits per heavy atom. The lowest BCUT2D eigenvalue weighted by atomic mass is 9.80. The number of hydrogen-bond donors (Lipinski definition) is 0. The number of amides is 1. The third-order valence-electron chi connectivity index (χ3n) is 6.81. The lowest BCUT2D eigenvalue weighted by molar-refractivity contribution is -0.133. The summed E-state index contributed by atoms with van der Waals surface area (Å²) in [6.45, 7) is 5.25. The van der Waals surface area contributed by atoms with Gasteiger partial charge >= 0.3 is 0 Å². The smallest absolute Gasteiger partial charge is 0.261 e. The Morgan fingerprint density at radius 1 is 1.21 bits per heavy atom. The Balaban J connectivity index is 1.54. The second-order valence-electron chi connectivity index (χ2n) is 9.84. The van der Waals surface area contributed by atoms with E-state index in [1.807, 2.05) is 41.3 Å². The maximum Gasteiger partial charge on any atom is 0.261 e. The second-order valence-corrected chi connectivity index (χ2v) is 11.8. The Bertz CT molecular complexity index is 1050. The van der Waals surface area contributed by atoms with Gasteiger partial charge < -0.3 is 4.74 Å². The van der Waals surface area contributed by atoms with E-state index in [1.54, 1.807) is 11.8 Å². The van der Waals surface area contributed by atoms with Gasteiger partial charge in [0.15, 0.2) is 10.7 Å². The van der Waals surface area contributed by atoms with Crippen LogP contribution >= 0.6 is 27.7 Å². The second kappa shape index (κ2) is 9.46. The number of carbonyl (C=O) groups excluding carboxylic acids is 1. The summed E-state index contributed by atoms with van der Waals surface area (Å²) in [7, 11) is 0. The van der Waals surface area contributed by atoms with Gasteiger partial charge in [-0.05, 0) is 48.4 Å². The van der Waals surface area contributed by atoms with E-state index in [0.717, 1.165) is 57.6 Å². The first kappa shape index (κ1) is 23.0. The zero-order valence-corrected chi connectivity index (χ0v) is 21.7. The molecule has 33 heavy (non-hydrogen) atoms. The van der Waals surface area contributed by atoms with Gasteiger partial charge in [0.2, 0.25) is 0 Å². The van der Waals surface area contributed by atoms with E-state index >= 15 is 0 Å². The minimum absolute atomic E-state index is 0.110. The minimum atomic E-state index is -0.929. The van der Waals surface area contributed by atoms with Gasteiger partial charge in [-0.2, -0.15) is 0 Å². The monoisotopic (exact) mass is 526 g/mol. The normalized spacial score (nSPS) is 24.2. The van der Waals surface area contributed by atoms with E-state index in [-0.39, 0.29) is 12.0 Å². The highest BCUT2D eigenvalue weighted by atomic mass is 79.9. The summed E-state index contributed by atoms with van der Waals surface area (Å²) in [5.41, 5.74) is 1.03. The number of hydrogen-bond acceptors (Lipinski definition) is 4. The van der Waals surface area contributed by atoms with Gasteiger partial charge in [0.25, 0.3) is 5.91 Å². The first-order valence-corrected chi connectivity index (χ1v) is 13.8. The van der Waals surface area contributed by atoms with Gasteiger partial charge in [-0.3, -0.25) is 9.69 Å². The molecular formula is C27H31BrN2O2S. The lowest BCUT2D eigenvalue weighted by Gasteiger charge is -2.37. The predicted octanol–water partition coefficient (Wildman–Crippen LogP) is 6.95.